The molecule has 0 unspecified atom stereocenters. The first-order valence-corrected chi connectivity index (χ1v) is 15.9. The minimum Gasteiger partial charge on any atom is -0.383 e. The third-order valence-electron chi connectivity index (χ3n) is 6.09. The van der Waals surface area contributed by atoms with E-state index in [4.69, 9.17) is 0 Å². The first kappa shape index (κ1) is 26.9. The second-order valence-corrected chi connectivity index (χ2v) is 13.0. The molecule has 0 fully saturated rings. The molecule has 192 valence electrons. The van der Waals surface area contributed by atoms with Gasteiger partial charge in [-0.2, -0.15) is 4.31 Å². The summed E-state index contributed by atoms with van der Waals surface area (Å²) in [4.78, 5) is 2.77. The normalized spacial score (nSPS) is 16.9. The average Bonchev–Trinajstić information content (AvgIpc) is 2.88. The second-order valence-electron chi connectivity index (χ2n) is 8.82. The van der Waals surface area contributed by atoms with Crippen LogP contribution in [0.3, 0.4) is 0 Å². The quantitative estimate of drug-likeness (QED) is 0.382. The van der Waals surface area contributed by atoms with Gasteiger partial charge in [-0.3, -0.25) is 0 Å². The number of rotatable bonds is 2. The largest absolute Gasteiger partial charge is 0.383 e. The van der Waals surface area contributed by atoms with Gasteiger partial charge < -0.3 is 10.6 Å². The Kier molecular flexibility index (Phi) is 10.0. The number of nitrogens with zero attached hydrogens (tertiary/aromatic N) is 1. The van der Waals surface area contributed by atoms with Crippen LogP contribution in [-0.4, -0.2) is 50.4 Å². The molecular formula is C28H35N3O2S3. The van der Waals surface area contributed by atoms with E-state index in [2.05, 4.69) is 47.0 Å². The highest BCUT2D eigenvalue weighted by Gasteiger charge is 2.24. The molecule has 0 aromatic heterocycles. The van der Waals surface area contributed by atoms with Crippen LogP contribution < -0.4 is 10.6 Å². The molecule has 3 aromatic carbocycles. The van der Waals surface area contributed by atoms with Crippen LogP contribution >= 0.6 is 23.5 Å². The number of nitrogens with one attached hydrogen (secondary N) is 2. The standard InChI is InChI=1S/C28H35N3O2S3/c1-23-13-15-24(16-14-23)36(32,33)31-19-17-29-25-9-3-5-11-27(25)34-21-7-2-8-22-35-28-12-6-4-10-26(28)30-18-20-31/h3-6,9-16,29-30H,2,7-8,17-22H2,1H3. The topological polar surface area (TPSA) is 61.4 Å². The number of aryl methyl sites for hydroxylation is 1. The average molecular weight is 542 g/mol. The monoisotopic (exact) mass is 541 g/mol. The van der Waals surface area contributed by atoms with Crippen molar-refractivity contribution in [2.24, 2.45) is 0 Å². The Morgan fingerprint density at radius 1 is 0.694 bits per heavy atom. The fourth-order valence-corrected chi connectivity index (χ4v) is 7.58. The number of anilines is 2. The molecular weight excluding hydrogens is 507 g/mol. The summed E-state index contributed by atoms with van der Waals surface area (Å²) in [5, 5.41) is 6.99. The van der Waals surface area contributed by atoms with Crippen molar-refractivity contribution >= 4 is 44.9 Å². The third kappa shape index (κ3) is 7.44. The fourth-order valence-electron chi connectivity index (χ4n) is 4.06. The zero-order chi connectivity index (χ0) is 25.2. The summed E-state index contributed by atoms with van der Waals surface area (Å²) in [6.07, 6.45) is 3.58. The fraction of sp³-hybridized carbons (Fsp3) is 0.357. The summed E-state index contributed by atoms with van der Waals surface area (Å²) in [5.74, 6) is 2.16. The van der Waals surface area contributed by atoms with Crippen LogP contribution in [0.2, 0.25) is 0 Å². The summed E-state index contributed by atoms with van der Waals surface area (Å²) in [7, 11) is -3.62. The highest BCUT2D eigenvalue weighted by molar-refractivity contribution is 7.99. The first-order chi connectivity index (χ1) is 17.5. The molecule has 1 aliphatic heterocycles. The Hall–Kier alpha value is -2.13. The molecule has 2 N–H and O–H groups in total. The van der Waals surface area contributed by atoms with Crippen LogP contribution in [0.25, 0.3) is 0 Å². The van der Waals surface area contributed by atoms with Gasteiger partial charge in [0, 0.05) is 47.3 Å². The maximum atomic E-state index is 13.6. The smallest absolute Gasteiger partial charge is 0.243 e. The van der Waals surface area contributed by atoms with E-state index in [9.17, 15) is 8.42 Å². The van der Waals surface area contributed by atoms with Gasteiger partial charge in [-0.05, 0) is 67.7 Å². The Balaban J connectivity index is 1.55. The number of hydrogen-bond acceptors (Lipinski definition) is 6. The van der Waals surface area contributed by atoms with Gasteiger partial charge in [0.2, 0.25) is 10.0 Å². The minimum atomic E-state index is -3.62. The van der Waals surface area contributed by atoms with Crippen molar-refractivity contribution in [3.05, 3.63) is 78.4 Å². The van der Waals surface area contributed by atoms with Crippen LogP contribution in [-0.2, 0) is 10.0 Å². The van der Waals surface area contributed by atoms with Crippen LogP contribution in [0.1, 0.15) is 24.8 Å². The predicted molar refractivity (Wildman–Crippen MR) is 155 cm³/mol. The van der Waals surface area contributed by atoms with Crippen molar-refractivity contribution in [3.63, 3.8) is 0 Å². The molecule has 0 amide bonds. The highest BCUT2D eigenvalue weighted by atomic mass is 32.2. The van der Waals surface area contributed by atoms with E-state index >= 15 is 0 Å². The van der Waals surface area contributed by atoms with Gasteiger partial charge in [-0.15, -0.1) is 23.5 Å². The molecule has 8 heteroatoms. The summed E-state index contributed by atoms with van der Waals surface area (Å²) >= 11 is 3.74. The third-order valence-corrected chi connectivity index (χ3v) is 10.3. The molecule has 0 bridgehead atoms. The lowest BCUT2D eigenvalue weighted by Gasteiger charge is -2.24. The molecule has 4 rings (SSSR count). The molecule has 0 saturated heterocycles. The maximum absolute atomic E-state index is 13.6. The van der Waals surface area contributed by atoms with E-state index in [-0.39, 0.29) is 0 Å². The van der Waals surface area contributed by atoms with Crippen molar-refractivity contribution in [2.45, 2.75) is 40.9 Å². The van der Waals surface area contributed by atoms with E-state index in [1.165, 1.54) is 29.1 Å². The Morgan fingerprint density at radius 3 is 1.72 bits per heavy atom. The highest BCUT2D eigenvalue weighted by Crippen LogP contribution is 2.30. The summed E-state index contributed by atoms with van der Waals surface area (Å²) in [6, 6.07) is 23.7. The first-order valence-electron chi connectivity index (χ1n) is 12.5. The molecule has 0 spiro atoms. The van der Waals surface area contributed by atoms with Crippen molar-refractivity contribution in [1.29, 1.82) is 0 Å². The Labute approximate surface area is 224 Å². The van der Waals surface area contributed by atoms with Crippen molar-refractivity contribution in [3.8, 4) is 0 Å². The van der Waals surface area contributed by atoms with Crippen molar-refractivity contribution in [1.82, 2.24) is 4.31 Å². The molecule has 1 heterocycles. The Morgan fingerprint density at radius 2 is 1.19 bits per heavy atom. The van der Waals surface area contributed by atoms with Crippen molar-refractivity contribution in [2.75, 3.05) is 48.3 Å². The summed E-state index contributed by atoms with van der Waals surface area (Å²) in [6.45, 7) is 3.80. The SMILES string of the molecule is Cc1ccc(S(=O)(=O)N2CCNc3ccccc3SCCCCCSc3ccccc3NCC2)cc1. The van der Waals surface area contributed by atoms with Crippen molar-refractivity contribution < 1.29 is 8.42 Å². The van der Waals surface area contributed by atoms with E-state index in [0.717, 1.165) is 28.4 Å². The Bertz CT molecular complexity index is 1160. The van der Waals surface area contributed by atoms with Crippen LogP contribution in [0.5, 0.6) is 0 Å². The van der Waals surface area contributed by atoms with E-state index in [1.54, 1.807) is 16.4 Å². The van der Waals surface area contributed by atoms with E-state index in [0.29, 0.717) is 31.1 Å². The maximum Gasteiger partial charge on any atom is 0.243 e. The molecule has 1 aliphatic rings. The molecule has 5 nitrogen and oxygen atoms in total. The molecule has 0 saturated carbocycles. The molecule has 36 heavy (non-hydrogen) atoms. The lowest BCUT2D eigenvalue weighted by Crippen LogP contribution is -2.38. The zero-order valence-corrected chi connectivity index (χ0v) is 23.2. The van der Waals surface area contributed by atoms with Gasteiger partial charge in [-0.1, -0.05) is 48.4 Å². The van der Waals surface area contributed by atoms with Crippen LogP contribution in [0.4, 0.5) is 11.4 Å². The minimum absolute atomic E-state index is 0.335. The van der Waals surface area contributed by atoms with Gasteiger partial charge >= 0.3 is 0 Å². The number of benzene rings is 3. The van der Waals surface area contributed by atoms with Crippen LogP contribution in [0, 0.1) is 6.92 Å². The van der Waals surface area contributed by atoms with Gasteiger partial charge in [-0.25, -0.2) is 8.42 Å². The number of thioether (sulfide) groups is 2. The van der Waals surface area contributed by atoms with E-state index in [1.807, 2.05) is 54.7 Å². The number of hydrogen-bond donors (Lipinski definition) is 2. The lowest BCUT2D eigenvalue weighted by molar-refractivity contribution is 0.433. The molecule has 0 aliphatic carbocycles. The molecule has 0 atom stereocenters. The van der Waals surface area contributed by atoms with Crippen LogP contribution in [0.15, 0.2) is 87.5 Å². The second kappa shape index (κ2) is 13.4. The van der Waals surface area contributed by atoms with Gasteiger partial charge in [0.1, 0.15) is 0 Å². The number of para-hydroxylation sites is 2. The number of fused-ring (bicyclic) bond motifs is 2. The lowest BCUT2D eigenvalue weighted by atomic mass is 10.2. The van der Waals surface area contributed by atoms with Gasteiger partial charge in [0.05, 0.1) is 4.90 Å². The van der Waals surface area contributed by atoms with Gasteiger partial charge in [0.15, 0.2) is 0 Å². The summed E-state index contributed by atoms with van der Waals surface area (Å²) in [5.41, 5.74) is 3.18. The molecule has 3 aromatic rings. The summed E-state index contributed by atoms with van der Waals surface area (Å²) < 4.78 is 28.7. The predicted octanol–water partition coefficient (Wildman–Crippen LogP) is 6.58. The number of sulfonamides is 1. The van der Waals surface area contributed by atoms with Gasteiger partial charge in [0.25, 0.3) is 0 Å². The van der Waals surface area contributed by atoms with E-state index < -0.39 is 10.0 Å². The molecule has 0 radical (unpaired) electrons. The zero-order valence-electron chi connectivity index (χ0n) is 20.8.